The van der Waals surface area contributed by atoms with Crippen molar-refractivity contribution in [1.29, 1.82) is 0 Å². The Morgan fingerprint density at radius 1 is 1.15 bits per heavy atom. The van der Waals surface area contributed by atoms with Crippen molar-refractivity contribution in [2.45, 2.75) is 18.7 Å². The highest BCUT2D eigenvalue weighted by Gasteiger charge is 2.10. The van der Waals surface area contributed by atoms with Crippen LogP contribution in [0, 0.1) is 6.92 Å². The summed E-state index contributed by atoms with van der Waals surface area (Å²) in [5.41, 5.74) is 2.00. The molecule has 27 heavy (non-hydrogen) atoms. The van der Waals surface area contributed by atoms with Crippen molar-refractivity contribution in [2.75, 3.05) is 25.3 Å². The lowest BCUT2D eigenvalue weighted by molar-refractivity contribution is -0.111. The number of carbonyl (C=O) groups excluding carboxylic acids is 1. The zero-order valence-electron chi connectivity index (χ0n) is 15.8. The van der Waals surface area contributed by atoms with Gasteiger partial charge in [-0.25, -0.2) is 8.42 Å². The average molecular weight is 389 g/mol. The van der Waals surface area contributed by atoms with Gasteiger partial charge in [0.2, 0.25) is 5.91 Å². The van der Waals surface area contributed by atoms with E-state index in [2.05, 4.69) is 5.32 Å². The normalized spacial score (nSPS) is 11.4. The second-order valence-corrected chi connectivity index (χ2v) is 7.93. The van der Waals surface area contributed by atoms with E-state index in [9.17, 15) is 13.2 Å². The number of amides is 1. The van der Waals surface area contributed by atoms with Crippen LogP contribution in [0.5, 0.6) is 11.5 Å². The quantitative estimate of drug-likeness (QED) is 0.734. The molecule has 0 spiro atoms. The van der Waals surface area contributed by atoms with Crippen molar-refractivity contribution in [2.24, 2.45) is 0 Å². The minimum absolute atomic E-state index is 0.156. The number of nitrogens with one attached hydrogen (secondary N) is 1. The molecule has 0 unspecified atom stereocenters. The van der Waals surface area contributed by atoms with E-state index in [0.717, 1.165) is 17.4 Å². The van der Waals surface area contributed by atoms with Gasteiger partial charge in [0.15, 0.2) is 21.3 Å². The molecule has 6 nitrogen and oxygen atoms in total. The first kappa shape index (κ1) is 20.5. The third-order valence-electron chi connectivity index (χ3n) is 3.81. The highest BCUT2D eigenvalue weighted by atomic mass is 32.2. The minimum Gasteiger partial charge on any atom is -0.493 e. The molecule has 0 atom stereocenters. The van der Waals surface area contributed by atoms with Crippen LogP contribution < -0.4 is 14.8 Å². The number of hydrogen-bond acceptors (Lipinski definition) is 5. The van der Waals surface area contributed by atoms with E-state index in [4.69, 9.17) is 9.47 Å². The Labute approximate surface area is 159 Å². The summed E-state index contributed by atoms with van der Waals surface area (Å²) >= 11 is 0. The largest absolute Gasteiger partial charge is 0.493 e. The second-order valence-electron chi connectivity index (χ2n) is 5.91. The van der Waals surface area contributed by atoms with E-state index in [1.54, 1.807) is 38.3 Å². The summed E-state index contributed by atoms with van der Waals surface area (Å²) in [5, 5.41) is 2.71. The summed E-state index contributed by atoms with van der Waals surface area (Å²) in [6, 6.07) is 9.99. The number of carbonyl (C=O) groups is 1. The zero-order valence-corrected chi connectivity index (χ0v) is 16.6. The first-order valence-corrected chi connectivity index (χ1v) is 10.2. The van der Waals surface area contributed by atoms with Gasteiger partial charge in [0.1, 0.15) is 0 Å². The number of anilines is 1. The van der Waals surface area contributed by atoms with Crippen LogP contribution in [0.2, 0.25) is 0 Å². The lowest BCUT2D eigenvalue weighted by Crippen LogP contribution is -2.10. The summed E-state index contributed by atoms with van der Waals surface area (Å²) in [6.07, 6.45) is 4.15. The van der Waals surface area contributed by atoms with Crippen LogP contribution in [0.25, 0.3) is 6.08 Å². The molecule has 0 fully saturated rings. The highest BCUT2D eigenvalue weighted by Crippen LogP contribution is 2.28. The topological polar surface area (TPSA) is 81.7 Å². The number of benzene rings is 2. The summed E-state index contributed by atoms with van der Waals surface area (Å²) < 4.78 is 34.1. The van der Waals surface area contributed by atoms with E-state index >= 15 is 0 Å². The molecule has 2 aromatic carbocycles. The van der Waals surface area contributed by atoms with E-state index in [1.165, 1.54) is 18.2 Å². The second kappa shape index (κ2) is 8.73. The maximum absolute atomic E-state index is 12.2. The molecule has 0 saturated carbocycles. The van der Waals surface area contributed by atoms with Crippen molar-refractivity contribution in [3.63, 3.8) is 0 Å². The number of aryl methyl sites for hydroxylation is 1. The summed E-state index contributed by atoms with van der Waals surface area (Å²) in [6.45, 7) is 4.21. The Morgan fingerprint density at radius 3 is 2.52 bits per heavy atom. The number of sulfone groups is 1. The molecular formula is C20H23NO5S. The molecule has 0 aliphatic heterocycles. The van der Waals surface area contributed by atoms with Crippen molar-refractivity contribution >= 4 is 27.5 Å². The molecule has 1 N–H and O–H groups in total. The molecule has 0 saturated heterocycles. The minimum atomic E-state index is -3.34. The van der Waals surface area contributed by atoms with Gasteiger partial charge in [-0.3, -0.25) is 4.79 Å². The molecule has 7 heteroatoms. The van der Waals surface area contributed by atoms with Gasteiger partial charge in [0.05, 0.1) is 18.6 Å². The lowest BCUT2D eigenvalue weighted by Gasteiger charge is -2.10. The SMILES string of the molecule is CCOc1ccc(/C=C/C(=O)Nc2cc(S(C)(=O)=O)ccc2C)cc1OC. The monoisotopic (exact) mass is 389 g/mol. The standard InChI is InChI=1S/C20H23NO5S/c1-5-26-18-10-7-15(12-19(18)25-3)8-11-20(22)21-17-13-16(27(4,23)24)9-6-14(17)2/h6-13H,5H2,1-4H3,(H,21,22)/b11-8+. The van der Waals surface area contributed by atoms with Gasteiger partial charge in [-0.15, -0.1) is 0 Å². The van der Waals surface area contributed by atoms with Gasteiger partial charge in [0, 0.05) is 18.0 Å². The van der Waals surface area contributed by atoms with Crippen LogP contribution in [0.4, 0.5) is 5.69 Å². The van der Waals surface area contributed by atoms with Crippen molar-refractivity contribution in [3.8, 4) is 11.5 Å². The predicted molar refractivity (Wildman–Crippen MR) is 106 cm³/mol. The molecular weight excluding hydrogens is 366 g/mol. The number of rotatable bonds is 7. The van der Waals surface area contributed by atoms with Gasteiger partial charge in [-0.2, -0.15) is 0 Å². The van der Waals surface area contributed by atoms with Gasteiger partial charge < -0.3 is 14.8 Å². The molecule has 0 aliphatic rings. The molecule has 144 valence electrons. The maximum Gasteiger partial charge on any atom is 0.248 e. The smallest absolute Gasteiger partial charge is 0.248 e. The molecule has 0 bridgehead atoms. The molecule has 0 radical (unpaired) electrons. The molecule has 0 heterocycles. The van der Waals surface area contributed by atoms with E-state index in [0.29, 0.717) is 23.8 Å². The number of hydrogen-bond donors (Lipinski definition) is 1. The van der Waals surface area contributed by atoms with E-state index in [-0.39, 0.29) is 10.8 Å². The predicted octanol–water partition coefficient (Wildman–Crippen LogP) is 3.46. The third kappa shape index (κ3) is 5.59. The molecule has 2 rings (SSSR count). The summed E-state index contributed by atoms with van der Waals surface area (Å²) in [4.78, 5) is 12.4. The van der Waals surface area contributed by atoms with Crippen LogP contribution >= 0.6 is 0 Å². The highest BCUT2D eigenvalue weighted by molar-refractivity contribution is 7.90. The summed E-state index contributed by atoms with van der Waals surface area (Å²) in [5.74, 6) is 0.850. The Kier molecular flexibility index (Phi) is 6.63. The fourth-order valence-corrected chi connectivity index (χ4v) is 3.02. The molecule has 0 aliphatic carbocycles. The molecule has 0 aromatic heterocycles. The lowest BCUT2D eigenvalue weighted by atomic mass is 10.1. The van der Waals surface area contributed by atoms with Crippen LogP contribution in [-0.4, -0.2) is 34.3 Å². The van der Waals surface area contributed by atoms with Crippen molar-refractivity contribution in [1.82, 2.24) is 0 Å². The van der Waals surface area contributed by atoms with Gasteiger partial charge in [-0.05, 0) is 55.3 Å². The van der Waals surface area contributed by atoms with Gasteiger partial charge in [0.25, 0.3) is 0 Å². The zero-order chi connectivity index (χ0) is 20.0. The fraction of sp³-hybridized carbons (Fsp3) is 0.250. The Bertz CT molecular complexity index is 964. The third-order valence-corrected chi connectivity index (χ3v) is 4.92. The molecule has 1 amide bonds. The Balaban J connectivity index is 2.16. The van der Waals surface area contributed by atoms with E-state index < -0.39 is 9.84 Å². The van der Waals surface area contributed by atoms with Crippen LogP contribution in [0.3, 0.4) is 0 Å². The van der Waals surface area contributed by atoms with Gasteiger partial charge >= 0.3 is 0 Å². The first-order chi connectivity index (χ1) is 12.7. The fourth-order valence-electron chi connectivity index (χ4n) is 2.38. The Hall–Kier alpha value is -2.80. The van der Waals surface area contributed by atoms with Gasteiger partial charge in [-0.1, -0.05) is 12.1 Å². The Morgan fingerprint density at radius 2 is 1.89 bits per heavy atom. The summed E-state index contributed by atoms with van der Waals surface area (Å²) in [7, 11) is -1.79. The van der Waals surface area contributed by atoms with Crippen LogP contribution in [0.15, 0.2) is 47.4 Å². The van der Waals surface area contributed by atoms with Crippen LogP contribution in [-0.2, 0) is 14.6 Å². The van der Waals surface area contributed by atoms with Crippen LogP contribution in [0.1, 0.15) is 18.1 Å². The maximum atomic E-state index is 12.2. The number of ether oxygens (including phenoxy) is 2. The van der Waals surface area contributed by atoms with Crippen molar-refractivity contribution < 1.29 is 22.7 Å². The van der Waals surface area contributed by atoms with Crippen molar-refractivity contribution in [3.05, 3.63) is 53.6 Å². The van der Waals surface area contributed by atoms with E-state index in [1.807, 2.05) is 13.0 Å². The first-order valence-electron chi connectivity index (χ1n) is 8.35. The average Bonchev–Trinajstić information content (AvgIpc) is 2.62. The number of methoxy groups -OCH3 is 1. The molecule has 2 aromatic rings.